The van der Waals surface area contributed by atoms with Gasteiger partial charge in [0, 0.05) is 5.56 Å². The Morgan fingerprint density at radius 3 is 2.46 bits per heavy atom. The Labute approximate surface area is 163 Å². The minimum atomic E-state index is -0.431. The lowest BCUT2D eigenvalue weighted by Crippen LogP contribution is -3.29. The summed E-state index contributed by atoms with van der Waals surface area (Å²) in [6, 6.07) is 11.0. The Morgan fingerprint density at radius 2 is 1.82 bits per heavy atom. The molecule has 1 amide bonds. The van der Waals surface area contributed by atoms with Gasteiger partial charge in [-0.15, -0.1) is 0 Å². The van der Waals surface area contributed by atoms with E-state index in [2.05, 4.69) is 5.32 Å². The minimum absolute atomic E-state index is 0.180. The van der Waals surface area contributed by atoms with Gasteiger partial charge in [-0.05, 0) is 37.3 Å². The van der Waals surface area contributed by atoms with Crippen LogP contribution in [-0.4, -0.2) is 45.2 Å². The molecule has 3 rings (SSSR count). The number of piperazine rings is 1. The van der Waals surface area contributed by atoms with Crippen LogP contribution in [0.3, 0.4) is 0 Å². The number of ether oxygens (including phenoxy) is 1. The van der Waals surface area contributed by atoms with Gasteiger partial charge in [0.05, 0.1) is 12.8 Å². The smallest absolute Gasteiger partial charge is 0.282 e. The predicted octanol–water partition coefficient (Wildman–Crippen LogP) is 0.284. The molecule has 1 saturated heterocycles. The Bertz CT molecular complexity index is 823. The summed E-state index contributed by atoms with van der Waals surface area (Å²) in [5.41, 5.74) is 1.15. The third-order valence-electron chi connectivity index (χ3n) is 5.41. The fourth-order valence-electron chi connectivity index (χ4n) is 3.63. The first-order chi connectivity index (χ1) is 13.5. The molecule has 5 nitrogen and oxygen atoms in total. The number of rotatable bonds is 6. The van der Waals surface area contributed by atoms with Crippen LogP contribution in [0.15, 0.2) is 42.5 Å². The molecule has 2 aromatic rings. The van der Waals surface area contributed by atoms with Crippen LogP contribution in [-0.2, 0) is 11.3 Å². The molecule has 1 atom stereocenters. The van der Waals surface area contributed by atoms with E-state index in [1.54, 1.807) is 24.3 Å². The van der Waals surface area contributed by atoms with Crippen molar-refractivity contribution in [3.8, 4) is 5.75 Å². The summed E-state index contributed by atoms with van der Waals surface area (Å²) in [7, 11) is 1.45. The molecule has 0 bridgehead atoms. The zero-order chi connectivity index (χ0) is 20.1. The molecule has 28 heavy (non-hydrogen) atoms. The molecule has 1 aliphatic heterocycles. The molecule has 3 N–H and O–H groups in total. The number of carbonyl (C=O) groups is 1. The minimum Gasteiger partial charge on any atom is -0.494 e. The van der Waals surface area contributed by atoms with Crippen LogP contribution in [0.5, 0.6) is 5.75 Å². The normalized spacial score (nSPS) is 20.4. The van der Waals surface area contributed by atoms with Crippen LogP contribution in [0.4, 0.5) is 14.5 Å². The SMILES string of the molecule is COc1ccc(C[NH+]2CC[NH+]([C@H](C)C(=O)Nc3ccccc3F)CC2)cc1F. The van der Waals surface area contributed by atoms with Gasteiger partial charge >= 0.3 is 0 Å². The van der Waals surface area contributed by atoms with E-state index in [1.807, 2.05) is 13.0 Å². The second-order valence-electron chi connectivity index (χ2n) is 7.24. The number of hydrogen-bond acceptors (Lipinski definition) is 2. The summed E-state index contributed by atoms with van der Waals surface area (Å²) >= 11 is 0. The maximum absolute atomic E-state index is 13.9. The van der Waals surface area contributed by atoms with Crippen molar-refractivity contribution in [1.29, 1.82) is 0 Å². The van der Waals surface area contributed by atoms with Crippen LogP contribution in [0.1, 0.15) is 12.5 Å². The van der Waals surface area contributed by atoms with Crippen molar-refractivity contribution < 1.29 is 28.1 Å². The van der Waals surface area contributed by atoms with Gasteiger partial charge in [0.15, 0.2) is 17.6 Å². The number of carbonyl (C=O) groups excluding carboxylic acids is 1. The van der Waals surface area contributed by atoms with Gasteiger partial charge < -0.3 is 19.9 Å². The highest BCUT2D eigenvalue weighted by Crippen LogP contribution is 2.17. The Kier molecular flexibility index (Phi) is 6.59. The lowest BCUT2D eigenvalue weighted by molar-refractivity contribution is -1.02. The number of amides is 1. The summed E-state index contributed by atoms with van der Waals surface area (Å²) in [5, 5.41) is 2.68. The molecule has 7 heteroatoms. The Morgan fingerprint density at radius 1 is 1.11 bits per heavy atom. The number of quaternary nitrogens is 2. The van der Waals surface area contributed by atoms with E-state index < -0.39 is 5.82 Å². The van der Waals surface area contributed by atoms with E-state index in [0.717, 1.165) is 38.3 Å². The first-order valence-corrected chi connectivity index (χ1v) is 9.54. The quantitative estimate of drug-likeness (QED) is 0.663. The number of anilines is 1. The molecule has 1 fully saturated rings. The third-order valence-corrected chi connectivity index (χ3v) is 5.41. The molecule has 1 heterocycles. The van der Waals surface area contributed by atoms with Crippen LogP contribution >= 0.6 is 0 Å². The molecular weight excluding hydrogens is 364 g/mol. The van der Waals surface area contributed by atoms with Crippen LogP contribution in [0, 0.1) is 11.6 Å². The Hall–Kier alpha value is -2.51. The highest BCUT2D eigenvalue weighted by molar-refractivity contribution is 5.93. The van der Waals surface area contributed by atoms with E-state index in [4.69, 9.17) is 4.74 Å². The summed E-state index contributed by atoms with van der Waals surface area (Å²) in [5.74, 6) is -0.704. The summed E-state index contributed by atoms with van der Waals surface area (Å²) in [4.78, 5) is 15.0. The topological polar surface area (TPSA) is 47.2 Å². The average molecular weight is 391 g/mol. The molecule has 0 spiro atoms. The molecule has 1 aliphatic rings. The summed E-state index contributed by atoms with van der Waals surface area (Å²) in [6.45, 7) is 6.06. The van der Waals surface area contributed by atoms with Gasteiger partial charge in [0.2, 0.25) is 0 Å². The lowest BCUT2D eigenvalue weighted by atomic mass is 10.1. The molecule has 0 radical (unpaired) electrons. The van der Waals surface area contributed by atoms with Gasteiger partial charge in [0.1, 0.15) is 38.5 Å². The van der Waals surface area contributed by atoms with Crippen molar-refractivity contribution in [1.82, 2.24) is 0 Å². The number of para-hydroxylation sites is 1. The standard InChI is InChI=1S/C21H25F2N3O2/c1-15(21(27)24-19-6-4-3-5-17(19)22)26-11-9-25(10-12-26)14-16-7-8-20(28-2)18(23)13-16/h3-8,13,15H,9-12,14H2,1-2H3,(H,24,27)/p+2/t15-/m1/s1. The van der Waals surface area contributed by atoms with E-state index >= 15 is 0 Å². The number of methoxy groups -OCH3 is 1. The maximum Gasteiger partial charge on any atom is 0.282 e. The van der Waals surface area contributed by atoms with E-state index in [-0.39, 0.29) is 29.2 Å². The highest BCUT2D eigenvalue weighted by atomic mass is 19.1. The number of hydrogen-bond donors (Lipinski definition) is 3. The number of benzene rings is 2. The monoisotopic (exact) mass is 391 g/mol. The van der Waals surface area contributed by atoms with E-state index in [9.17, 15) is 13.6 Å². The molecular formula is C21H27F2N3O2+2. The van der Waals surface area contributed by atoms with Crippen molar-refractivity contribution in [3.63, 3.8) is 0 Å². The summed E-state index contributed by atoms with van der Waals surface area (Å²) < 4.78 is 32.5. The molecule has 2 aromatic carbocycles. The van der Waals surface area contributed by atoms with Gasteiger partial charge in [0.25, 0.3) is 5.91 Å². The maximum atomic E-state index is 13.9. The van der Waals surface area contributed by atoms with Gasteiger partial charge in [-0.25, -0.2) is 8.78 Å². The zero-order valence-corrected chi connectivity index (χ0v) is 16.2. The lowest BCUT2D eigenvalue weighted by Gasteiger charge is -2.32. The fraction of sp³-hybridized carbons (Fsp3) is 0.381. The van der Waals surface area contributed by atoms with Crippen molar-refractivity contribution >= 4 is 11.6 Å². The molecule has 0 aromatic heterocycles. The Balaban J connectivity index is 1.51. The predicted molar refractivity (Wildman–Crippen MR) is 103 cm³/mol. The number of halogens is 2. The van der Waals surface area contributed by atoms with Crippen LogP contribution in [0.25, 0.3) is 0 Å². The first-order valence-electron chi connectivity index (χ1n) is 9.54. The van der Waals surface area contributed by atoms with Crippen LogP contribution < -0.4 is 19.9 Å². The van der Waals surface area contributed by atoms with Gasteiger partial charge in [-0.3, -0.25) is 4.79 Å². The van der Waals surface area contributed by atoms with Crippen LogP contribution in [0.2, 0.25) is 0 Å². The molecule has 0 saturated carbocycles. The molecule has 0 unspecified atom stereocenters. The van der Waals surface area contributed by atoms with Crippen molar-refractivity contribution in [2.75, 3.05) is 38.6 Å². The largest absolute Gasteiger partial charge is 0.494 e. The highest BCUT2D eigenvalue weighted by Gasteiger charge is 2.31. The van der Waals surface area contributed by atoms with Crippen molar-refractivity contribution in [2.24, 2.45) is 0 Å². The van der Waals surface area contributed by atoms with E-state index in [1.165, 1.54) is 29.0 Å². The first kappa shape index (κ1) is 20.2. The second kappa shape index (κ2) is 9.12. The second-order valence-corrected chi connectivity index (χ2v) is 7.24. The third kappa shape index (κ3) is 4.85. The van der Waals surface area contributed by atoms with Crippen molar-refractivity contribution in [3.05, 3.63) is 59.7 Å². The summed E-state index contributed by atoms with van der Waals surface area (Å²) in [6.07, 6.45) is 0. The average Bonchev–Trinajstić information content (AvgIpc) is 2.70. The molecule has 0 aliphatic carbocycles. The zero-order valence-electron chi connectivity index (χ0n) is 16.2. The van der Waals surface area contributed by atoms with Gasteiger partial charge in [-0.1, -0.05) is 12.1 Å². The molecule has 150 valence electrons. The van der Waals surface area contributed by atoms with E-state index in [0.29, 0.717) is 0 Å². The van der Waals surface area contributed by atoms with Gasteiger partial charge in [-0.2, -0.15) is 0 Å². The van der Waals surface area contributed by atoms with Crippen molar-refractivity contribution in [2.45, 2.75) is 19.5 Å². The fourth-order valence-corrected chi connectivity index (χ4v) is 3.63. The number of nitrogens with one attached hydrogen (secondary N) is 3.